The fourth-order valence-electron chi connectivity index (χ4n) is 1.96. The maximum atomic E-state index is 4.34. The molecule has 1 unspecified atom stereocenters. The normalized spacial score (nSPS) is 12.8. The second-order valence-electron chi connectivity index (χ2n) is 4.39. The monoisotopic (exact) mass is 248 g/mol. The lowest BCUT2D eigenvalue weighted by Crippen LogP contribution is -2.23. The molecule has 0 aliphatic carbocycles. The first kappa shape index (κ1) is 12.8. The van der Waals surface area contributed by atoms with Crippen LogP contribution >= 0.6 is 0 Å². The van der Waals surface area contributed by atoms with E-state index < -0.39 is 0 Å². The number of aromatic nitrogens is 5. The number of hydrogen-bond donors (Lipinski definition) is 2. The maximum Gasteiger partial charge on any atom is 0.108 e. The smallest absolute Gasteiger partial charge is 0.108 e. The molecule has 2 rings (SSSR count). The van der Waals surface area contributed by atoms with Gasteiger partial charge in [0.15, 0.2) is 0 Å². The molecule has 0 saturated carbocycles. The minimum absolute atomic E-state index is 0.236. The Hall–Kier alpha value is -1.69. The topological polar surface area (TPSA) is 71.4 Å². The van der Waals surface area contributed by atoms with Crippen LogP contribution in [-0.4, -0.2) is 31.5 Å². The summed E-state index contributed by atoms with van der Waals surface area (Å²) < 4.78 is 2.06. The molecule has 0 saturated heterocycles. The number of aromatic amines is 1. The number of imidazole rings is 1. The second-order valence-corrected chi connectivity index (χ2v) is 4.39. The van der Waals surface area contributed by atoms with Crippen LogP contribution < -0.4 is 5.32 Å². The van der Waals surface area contributed by atoms with Crippen LogP contribution in [0, 0.1) is 0 Å². The average molecular weight is 248 g/mol. The Kier molecular flexibility index (Phi) is 4.46. The van der Waals surface area contributed by atoms with Crippen LogP contribution in [0.2, 0.25) is 0 Å². The summed E-state index contributed by atoms with van der Waals surface area (Å²) in [6, 6.07) is 0.236. The van der Waals surface area contributed by atoms with Gasteiger partial charge in [-0.15, -0.1) is 0 Å². The first-order valence-corrected chi connectivity index (χ1v) is 6.36. The predicted molar refractivity (Wildman–Crippen MR) is 68.9 cm³/mol. The van der Waals surface area contributed by atoms with Gasteiger partial charge < -0.3 is 9.88 Å². The summed E-state index contributed by atoms with van der Waals surface area (Å²) in [5, 5.41) is 14.2. The number of H-pyrrole nitrogens is 1. The third-order valence-corrected chi connectivity index (χ3v) is 3.01. The van der Waals surface area contributed by atoms with Gasteiger partial charge in [0.25, 0.3) is 0 Å². The van der Waals surface area contributed by atoms with Crippen molar-refractivity contribution in [1.29, 1.82) is 0 Å². The molecule has 0 bridgehead atoms. The molecule has 0 spiro atoms. The van der Waals surface area contributed by atoms with Gasteiger partial charge in [-0.2, -0.15) is 15.4 Å². The average Bonchev–Trinajstić information content (AvgIpc) is 3.01. The van der Waals surface area contributed by atoms with Gasteiger partial charge in [0.2, 0.25) is 0 Å². The Labute approximate surface area is 107 Å². The summed E-state index contributed by atoms with van der Waals surface area (Å²) >= 11 is 0. The van der Waals surface area contributed by atoms with Gasteiger partial charge in [0.05, 0.1) is 17.9 Å². The van der Waals surface area contributed by atoms with E-state index in [4.69, 9.17) is 0 Å². The van der Waals surface area contributed by atoms with E-state index in [1.54, 1.807) is 6.20 Å². The summed E-state index contributed by atoms with van der Waals surface area (Å²) in [6.45, 7) is 3.14. The molecule has 0 amide bonds. The quantitative estimate of drug-likeness (QED) is 0.772. The van der Waals surface area contributed by atoms with Crippen molar-refractivity contribution in [2.45, 2.75) is 32.2 Å². The van der Waals surface area contributed by atoms with Crippen molar-refractivity contribution in [3.05, 3.63) is 30.1 Å². The van der Waals surface area contributed by atoms with E-state index >= 15 is 0 Å². The van der Waals surface area contributed by atoms with Crippen LogP contribution in [0.1, 0.15) is 37.3 Å². The van der Waals surface area contributed by atoms with E-state index in [-0.39, 0.29) is 6.04 Å². The SMILES string of the molecule is CCCNC(CCc1nccn1C)c1cn[nH]n1. The van der Waals surface area contributed by atoms with Crippen molar-refractivity contribution in [3.63, 3.8) is 0 Å². The molecule has 0 aromatic carbocycles. The minimum atomic E-state index is 0.236. The van der Waals surface area contributed by atoms with E-state index in [2.05, 4.69) is 37.2 Å². The van der Waals surface area contributed by atoms with Gasteiger partial charge in [0, 0.05) is 25.9 Å². The Morgan fingerprint density at radius 2 is 2.39 bits per heavy atom. The zero-order valence-electron chi connectivity index (χ0n) is 10.9. The van der Waals surface area contributed by atoms with Crippen LogP contribution in [0.3, 0.4) is 0 Å². The number of rotatable bonds is 7. The molecule has 6 heteroatoms. The van der Waals surface area contributed by atoms with Gasteiger partial charge in [-0.25, -0.2) is 4.98 Å². The molecule has 6 nitrogen and oxygen atoms in total. The molecule has 98 valence electrons. The van der Waals surface area contributed by atoms with Crippen LogP contribution in [-0.2, 0) is 13.5 Å². The summed E-state index contributed by atoms with van der Waals surface area (Å²) in [5.74, 6) is 1.10. The first-order valence-electron chi connectivity index (χ1n) is 6.36. The van der Waals surface area contributed by atoms with Gasteiger partial charge >= 0.3 is 0 Å². The number of aryl methyl sites for hydroxylation is 2. The predicted octanol–water partition coefficient (Wildman–Crippen LogP) is 1.21. The fourth-order valence-corrected chi connectivity index (χ4v) is 1.96. The third-order valence-electron chi connectivity index (χ3n) is 3.01. The van der Waals surface area contributed by atoms with Crippen LogP contribution in [0.25, 0.3) is 0 Å². The highest BCUT2D eigenvalue weighted by atomic mass is 15.3. The molecule has 2 heterocycles. The van der Waals surface area contributed by atoms with Gasteiger partial charge in [-0.1, -0.05) is 6.92 Å². The van der Waals surface area contributed by atoms with Gasteiger partial charge in [-0.3, -0.25) is 0 Å². The lowest BCUT2D eigenvalue weighted by atomic mass is 10.1. The van der Waals surface area contributed by atoms with Crippen LogP contribution in [0.15, 0.2) is 18.6 Å². The minimum Gasteiger partial charge on any atom is -0.338 e. The van der Waals surface area contributed by atoms with Crippen LogP contribution in [0.5, 0.6) is 0 Å². The Balaban J connectivity index is 1.95. The second kappa shape index (κ2) is 6.30. The highest BCUT2D eigenvalue weighted by molar-refractivity contribution is 5.01. The van der Waals surface area contributed by atoms with Crippen molar-refractivity contribution in [1.82, 2.24) is 30.3 Å². The van der Waals surface area contributed by atoms with E-state index in [9.17, 15) is 0 Å². The molecule has 2 aromatic rings. The van der Waals surface area contributed by atoms with E-state index in [0.717, 1.165) is 37.3 Å². The van der Waals surface area contributed by atoms with Crippen molar-refractivity contribution >= 4 is 0 Å². The van der Waals surface area contributed by atoms with Gasteiger partial charge in [-0.05, 0) is 19.4 Å². The molecule has 0 aliphatic rings. The maximum absolute atomic E-state index is 4.34. The molecule has 2 aromatic heterocycles. The van der Waals surface area contributed by atoms with Crippen molar-refractivity contribution in [2.24, 2.45) is 7.05 Å². The number of nitrogens with zero attached hydrogens (tertiary/aromatic N) is 4. The van der Waals surface area contributed by atoms with E-state index in [1.165, 1.54) is 0 Å². The largest absolute Gasteiger partial charge is 0.338 e. The summed E-state index contributed by atoms with van der Waals surface area (Å²) in [7, 11) is 2.02. The Morgan fingerprint density at radius 3 is 3.00 bits per heavy atom. The van der Waals surface area contributed by atoms with Gasteiger partial charge in [0.1, 0.15) is 5.82 Å². The summed E-state index contributed by atoms with van der Waals surface area (Å²) in [5.41, 5.74) is 0.970. The van der Waals surface area contributed by atoms with Crippen molar-refractivity contribution in [2.75, 3.05) is 6.54 Å². The zero-order valence-corrected chi connectivity index (χ0v) is 10.9. The highest BCUT2D eigenvalue weighted by Crippen LogP contribution is 2.15. The van der Waals surface area contributed by atoms with Crippen LogP contribution in [0.4, 0.5) is 0 Å². The van der Waals surface area contributed by atoms with Crippen molar-refractivity contribution < 1.29 is 0 Å². The number of hydrogen-bond acceptors (Lipinski definition) is 4. The lowest BCUT2D eigenvalue weighted by Gasteiger charge is -2.15. The van der Waals surface area contributed by atoms with E-state index in [0.29, 0.717) is 0 Å². The van der Waals surface area contributed by atoms with Crippen molar-refractivity contribution in [3.8, 4) is 0 Å². The first-order chi connectivity index (χ1) is 8.81. The Morgan fingerprint density at radius 1 is 1.50 bits per heavy atom. The zero-order chi connectivity index (χ0) is 12.8. The third kappa shape index (κ3) is 3.16. The summed E-state index contributed by atoms with van der Waals surface area (Å²) in [6.07, 6.45) is 8.59. The molecular weight excluding hydrogens is 228 g/mol. The van der Waals surface area contributed by atoms with E-state index in [1.807, 2.05) is 19.4 Å². The molecular formula is C12H20N6. The standard InChI is InChI=1S/C12H20N6/c1-3-6-13-10(11-9-15-17-16-11)4-5-12-14-7-8-18(12)2/h7-10,13H,3-6H2,1-2H3,(H,15,16,17). The fraction of sp³-hybridized carbons (Fsp3) is 0.583. The number of nitrogens with one attached hydrogen (secondary N) is 2. The molecule has 0 aliphatic heterocycles. The lowest BCUT2D eigenvalue weighted by molar-refractivity contribution is 0.480. The Bertz CT molecular complexity index is 447. The molecule has 18 heavy (non-hydrogen) atoms. The molecule has 2 N–H and O–H groups in total. The highest BCUT2D eigenvalue weighted by Gasteiger charge is 2.14. The molecule has 0 fully saturated rings. The summed E-state index contributed by atoms with van der Waals surface area (Å²) in [4.78, 5) is 4.34. The molecule has 1 atom stereocenters. The molecule has 0 radical (unpaired) electrons.